The van der Waals surface area contributed by atoms with E-state index in [0.717, 1.165) is 30.2 Å². The van der Waals surface area contributed by atoms with Crippen LogP contribution in [0.15, 0.2) is 54.7 Å². The molecule has 1 N–H and O–H groups in total. The van der Waals surface area contributed by atoms with Crippen LogP contribution >= 0.6 is 0 Å². The molecule has 7 nitrogen and oxygen atoms in total. The Kier molecular flexibility index (Phi) is 6.77. The number of hydrogen-bond donors (Lipinski definition) is 1. The minimum atomic E-state index is -0.596. The van der Waals surface area contributed by atoms with Gasteiger partial charge < -0.3 is 19.4 Å². The second kappa shape index (κ2) is 9.90. The number of esters is 1. The van der Waals surface area contributed by atoms with Gasteiger partial charge in [0.1, 0.15) is 5.75 Å². The molecule has 4 rings (SSSR count). The molecule has 172 valence electrons. The molecule has 7 heteroatoms. The summed E-state index contributed by atoms with van der Waals surface area (Å²) in [6, 6.07) is 14.2. The quantitative estimate of drug-likeness (QED) is 0.428. The number of rotatable bonds is 7. The number of H-pyrrole nitrogens is 1. The number of nitrogens with one attached hydrogen (secondary N) is 1. The average molecular weight is 449 g/mol. The van der Waals surface area contributed by atoms with E-state index in [1.54, 1.807) is 30.5 Å². The highest BCUT2D eigenvalue weighted by molar-refractivity contribution is 6.09. The van der Waals surface area contributed by atoms with Crippen molar-refractivity contribution in [3.8, 4) is 5.75 Å². The highest BCUT2D eigenvalue weighted by atomic mass is 16.5. The molecule has 0 spiro atoms. The maximum atomic E-state index is 12.6. The van der Waals surface area contributed by atoms with Crippen molar-refractivity contribution in [2.24, 2.45) is 0 Å². The molecule has 1 amide bonds. The first-order valence-corrected chi connectivity index (χ1v) is 11.2. The normalized spacial score (nSPS) is 18.2. The van der Waals surface area contributed by atoms with Gasteiger partial charge in [-0.2, -0.15) is 0 Å². The molecule has 33 heavy (non-hydrogen) atoms. The minimum Gasteiger partial charge on any atom is -0.484 e. The van der Waals surface area contributed by atoms with Crippen molar-refractivity contribution >= 4 is 28.6 Å². The Morgan fingerprint density at radius 1 is 0.970 bits per heavy atom. The Bertz CT molecular complexity index is 1140. The third-order valence-electron chi connectivity index (χ3n) is 6.16. The van der Waals surface area contributed by atoms with E-state index in [9.17, 15) is 14.4 Å². The molecule has 2 heterocycles. The van der Waals surface area contributed by atoms with Gasteiger partial charge in [0.25, 0.3) is 5.91 Å². The fourth-order valence-electron chi connectivity index (χ4n) is 4.41. The fourth-order valence-corrected chi connectivity index (χ4v) is 4.41. The first-order valence-electron chi connectivity index (χ1n) is 11.2. The number of amides is 1. The van der Waals surface area contributed by atoms with Gasteiger partial charge in [-0.15, -0.1) is 0 Å². The maximum Gasteiger partial charge on any atom is 0.338 e. The van der Waals surface area contributed by atoms with Crippen LogP contribution in [0.2, 0.25) is 0 Å². The molecular weight excluding hydrogens is 420 g/mol. The highest BCUT2D eigenvalue weighted by Gasteiger charge is 2.29. The number of piperidine rings is 1. The van der Waals surface area contributed by atoms with Gasteiger partial charge in [0, 0.05) is 34.7 Å². The average Bonchev–Trinajstić information content (AvgIpc) is 3.25. The number of carbonyl (C=O) groups is 3. The summed E-state index contributed by atoms with van der Waals surface area (Å²) >= 11 is 0. The van der Waals surface area contributed by atoms with E-state index in [0.29, 0.717) is 16.9 Å². The number of fused-ring (bicyclic) bond motifs is 1. The molecule has 0 aliphatic carbocycles. The van der Waals surface area contributed by atoms with Crippen LogP contribution in [0.4, 0.5) is 0 Å². The number of likely N-dealkylation sites (tertiary alicyclic amines) is 1. The zero-order valence-electron chi connectivity index (χ0n) is 18.9. The highest BCUT2D eigenvalue weighted by Crippen LogP contribution is 2.23. The molecule has 1 fully saturated rings. The summed E-state index contributed by atoms with van der Waals surface area (Å²) in [4.78, 5) is 42.4. The van der Waals surface area contributed by atoms with Crippen LogP contribution < -0.4 is 4.74 Å². The molecule has 0 radical (unpaired) electrons. The zero-order chi connectivity index (χ0) is 23.4. The SMILES string of the molecule is CC1CCCC(C)N1C(=O)COc1ccc(C(=O)OCC(=O)c2c[nH]c3ccccc23)cc1. The Labute approximate surface area is 192 Å². The largest absolute Gasteiger partial charge is 0.484 e. The third-order valence-corrected chi connectivity index (χ3v) is 6.16. The predicted octanol–water partition coefficient (Wildman–Crippen LogP) is 4.38. The van der Waals surface area contributed by atoms with Gasteiger partial charge in [-0.25, -0.2) is 4.79 Å². The number of Topliss-reactive ketones (excluding diaryl/α,β-unsaturated/α-hetero) is 1. The van der Waals surface area contributed by atoms with E-state index in [4.69, 9.17) is 9.47 Å². The number of ketones is 1. The molecule has 2 aromatic carbocycles. The van der Waals surface area contributed by atoms with Gasteiger partial charge in [0.05, 0.1) is 5.56 Å². The van der Waals surface area contributed by atoms with Crippen LogP contribution in [0.3, 0.4) is 0 Å². The van der Waals surface area contributed by atoms with Crippen molar-refractivity contribution in [1.82, 2.24) is 9.88 Å². The first kappa shape index (κ1) is 22.6. The number of ether oxygens (including phenoxy) is 2. The van der Waals surface area contributed by atoms with E-state index in [1.807, 2.05) is 29.2 Å². The summed E-state index contributed by atoms with van der Waals surface area (Å²) in [6.07, 6.45) is 4.78. The lowest BCUT2D eigenvalue weighted by Crippen LogP contribution is -2.49. The van der Waals surface area contributed by atoms with Gasteiger partial charge in [0.15, 0.2) is 13.2 Å². The summed E-state index contributed by atoms with van der Waals surface area (Å²) in [7, 11) is 0. The molecule has 2 atom stereocenters. The summed E-state index contributed by atoms with van der Waals surface area (Å²) in [6.45, 7) is 3.74. The van der Waals surface area contributed by atoms with Gasteiger partial charge in [0.2, 0.25) is 5.78 Å². The zero-order valence-corrected chi connectivity index (χ0v) is 18.9. The van der Waals surface area contributed by atoms with Crippen LogP contribution in [0.5, 0.6) is 5.75 Å². The molecule has 0 bridgehead atoms. The smallest absolute Gasteiger partial charge is 0.338 e. The van der Waals surface area contributed by atoms with Crippen molar-refractivity contribution in [3.63, 3.8) is 0 Å². The number of benzene rings is 2. The van der Waals surface area contributed by atoms with Crippen LogP contribution in [-0.2, 0) is 9.53 Å². The van der Waals surface area contributed by atoms with Crippen molar-refractivity contribution < 1.29 is 23.9 Å². The van der Waals surface area contributed by atoms with E-state index in [2.05, 4.69) is 18.8 Å². The lowest BCUT2D eigenvalue weighted by atomic mass is 9.97. The second-order valence-corrected chi connectivity index (χ2v) is 8.49. The molecule has 1 aromatic heterocycles. The predicted molar refractivity (Wildman–Crippen MR) is 124 cm³/mol. The number of carbonyl (C=O) groups excluding carboxylic acids is 3. The number of aromatic amines is 1. The van der Waals surface area contributed by atoms with Gasteiger partial charge in [-0.1, -0.05) is 18.2 Å². The molecule has 1 saturated heterocycles. The van der Waals surface area contributed by atoms with Crippen molar-refractivity contribution in [1.29, 1.82) is 0 Å². The van der Waals surface area contributed by atoms with E-state index >= 15 is 0 Å². The lowest BCUT2D eigenvalue weighted by molar-refractivity contribution is -0.139. The maximum absolute atomic E-state index is 12.6. The Balaban J connectivity index is 1.29. The van der Waals surface area contributed by atoms with Crippen LogP contribution in [0, 0.1) is 0 Å². The molecule has 3 aromatic rings. The molecular formula is C26H28N2O5. The monoisotopic (exact) mass is 448 g/mol. The Morgan fingerprint density at radius 3 is 2.39 bits per heavy atom. The fraction of sp³-hybridized carbons (Fsp3) is 0.346. The topological polar surface area (TPSA) is 88.7 Å². The summed E-state index contributed by atoms with van der Waals surface area (Å²) in [5.41, 5.74) is 1.65. The lowest BCUT2D eigenvalue weighted by Gasteiger charge is -2.38. The summed E-state index contributed by atoms with van der Waals surface area (Å²) < 4.78 is 10.8. The standard InChI is InChI=1S/C26H28N2O5/c1-17-6-5-7-18(2)28(17)25(30)16-32-20-12-10-19(11-13-20)26(31)33-15-24(29)22-14-27-23-9-4-3-8-21(22)23/h3-4,8-14,17-18,27H,5-7,15-16H2,1-2H3. The number of aromatic nitrogens is 1. The van der Waals surface area contributed by atoms with Gasteiger partial charge >= 0.3 is 5.97 Å². The summed E-state index contributed by atoms with van der Waals surface area (Å²) in [5, 5.41) is 0.794. The van der Waals surface area contributed by atoms with E-state index in [1.165, 1.54) is 0 Å². The van der Waals surface area contributed by atoms with Crippen molar-refractivity contribution in [3.05, 3.63) is 65.9 Å². The van der Waals surface area contributed by atoms with Gasteiger partial charge in [-0.3, -0.25) is 9.59 Å². The molecule has 1 aliphatic rings. The number of hydrogen-bond acceptors (Lipinski definition) is 5. The molecule has 0 saturated carbocycles. The van der Waals surface area contributed by atoms with Crippen LogP contribution in [0.1, 0.15) is 53.8 Å². The van der Waals surface area contributed by atoms with Crippen molar-refractivity contribution in [2.75, 3.05) is 13.2 Å². The van der Waals surface area contributed by atoms with Crippen molar-refractivity contribution in [2.45, 2.75) is 45.2 Å². The van der Waals surface area contributed by atoms with E-state index < -0.39 is 5.97 Å². The van der Waals surface area contributed by atoms with Gasteiger partial charge in [-0.05, 0) is 63.4 Å². The van der Waals surface area contributed by atoms with E-state index in [-0.39, 0.29) is 37.0 Å². The van der Waals surface area contributed by atoms with Crippen LogP contribution in [-0.4, -0.2) is 52.8 Å². The summed E-state index contributed by atoms with van der Waals surface area (Å²) in [5.74, 6) is -0.414. The second-order valence-electron chi connectivity index (χ2n) is 8.49. The molecule has 2 unspecified atom stereocenters. The number of para-hydroxylation sites is 1. The minimum absolute atomic E-state index is 0.0334. The Hall–Kier alpha value is -3.61. The third kappa shape index (κ3) is 5.08. The molecule has 1 aliphatic heterocycles. The first-order chi connectivity index (χ1) is 15.9. The number of nitrogens with zero attached hydrogens (tertiary/aromatic N) is 1. The van der Waals surface area contributed by atoms with Crippen LogP contribution in [0.25, 0.3) is 10.9 Å². The Morgan fingerprint density at radius 2 is 1.67 bits per heavy atom.